The van der Waals surface area contributed by atoms with Gasteiger partial charge in [-0.3, -0.25) is 4.98 Å². The first-order valence-corrected chi connectivity index (χ1v) is 6.26. The van der Waals surface area contributed by atoms with E-state index >= 15 is 0 Å². The highest BCUT2D eigenvalue weighted by atomic mass is 16.5. The molecule has 0 saturated heterocycles. The molecule has 1 N–H and O–H groups in total. The Kier molecular flexibility index (Phi) is 3.18. The van der Waals surface area contributed by atoms with Gasteiger partial charge in [0.2, 0.25) is 0 Å². The van der Waals surface area contributed by atoms with E-state index in [0.717, 1.165) is 35.0 Å². The van der Waals surface area contributed by atoms with Crippen LogP contribution in [0.5, 0.6) is 11.5 Å². The van der Waals surface area contributed by atoms with Gasteiger partial charge < -0.3 is 14.8 Å². The number of hydrogen-bond donors (Lipinski definition) is 1. The van der Waals surface area contributed by atoms with E-state index in [-0.39, 0.29) is 0 Å². The molecular weight excluding hydrogens is 242 g/mol. The molecule has 2 aromatic rings. The molecule has 1 aliphatic heterocycles. The van der Waals surface area contributed by atoms with E-state index in [9.17, 15) is 0 Å². The summed E-state index contributed by atoms with van der Waals surface area (Å²) in [4.78, 5) is 8.63. The van der Waals surface area contributed by atoms with Crippen molar-refractivity contribution in [1.82, 2.24) is 9.97 Å². The normalized spacial score (nSPS) is 13.7. The van der Waals surface area contributed by atoms with E-state index in [4.69, 9.17) is 9.47 Å². The van der Waals surface area contributed by atoms with Crippen molar-refractivity contribution < 1.29 is 9.47 Å². The van der Waals surface area contributed by atoms with Crippen molar-refractivity contribution in [2.45, 2.75) is 6.42 Å². The number of hydrogen-bond acceptors (Lipinski definition) is 5. The third-order valence-electron chi connectivity index (χ3n) is 2.93. The summed E-state index contributed by atoms with van der Waals surface area (Å²) >= 11 is 0. The first-order valence-electron chi connectivity index (χ1n) is 6.26. The van der Waals surface area contributed by atoms with Crippen molar-refractivity contribution in [2.24, 2.45) is 0 Å². The topological polar surface area (TPSA) is 56.3 Å². The summed E-state index contributed by atoms with van der Waals surface area (Å²) < 4.78 is 11.3. The van der Waals surface area contributed by atoms with Gasteiger partial charge in [0.05, 0.1) is 31.3 Å². The number of nitrogens with zero attached hydrogens (tertiary/aromatic N) is 2. The van der Waals surface area contributed by atoms with Gasteiger partial charge in [-0.05, 0) is 18.2 Å². The Morgan fingerprint density at radius 3 is 2.79 bits per heavy atom. The Morgan fingerprint density at radius 2 is 1.95 bits per heavy atom. The summed E-state index contributed by atoms with van der Waals surface area (Å²) in [6.45, 7) is 1.38. The number of benzene rings is 1. The minimum Gasteiger partial charge on any atom is -0.490 e. The Hall–Kier alpha value is -2.30. The van der Waals surface area contributed by atoms with Crippen molar-refractivity contribution in [2.75, 3.05) is 25.6 Å². The Morgan fingerprint density at radius 1 is 1.11 bits per heavy atom. The third kappa shape index (κ3) is 2.45. The van der Waals surface area contributed by atoms with Gasteiger partial charge in [-0.25, -0.2) is 4.98 Å². The standard InChI is InChI=1S/C14H15N3O2/c1-15-14-9-16-8-11(17-14)10-3-4-12-13(7-10)19-6-2-5-18-12/h3-4,7-9H,2,5-6H2,1H3,(H,15,17). The highest BCUT2D eigenvalue weighted by molar-refractivity contribution is 5.64. The van der Waals surface area contributed by atoms with Crippen LogP contribution in [0.25, 0.3) is 11.3 Å². The van der Waals surface area contributed by atoms with Crippen LogP contribution in [-0.4, -0.2) is 30.2 Å². The highest BCUT2D eigenvalue weighted by Crippen LogP contribution is 2.33. The second kappa shape index (κ2) is 5.14. The van der Waals surface area contributed by atoms with Crippen LogP contribution in [0.4, 0.5) is 5.82 Å². The molecule has 1 aromatic heterocycles. The average molecular weight is 257 g/mol. The van der Waals surface area contributed by atoms with Gasteiger partial charge in [0.15, 0.2) is 11.5 Å². The van der Waals surface area contributed by atoms with Crippen LogP contribution in [0.2, 0.25) is 0 Å². The van der Waals surface area contributed by atoms with E-state index in [2.05, 4.69) is 15.3 Å². The molecule has 0 aliphatic carbocycles. The van der Waals surface area contributed by atoms with Crippen molar-refractivity contribution in [1.29, 1.82) is 0 Å². The lowest BCUT2D eigenvalue weighted by Crippen LogP contribution is -1.97. The Bertz CT molecular complexity index is 587. The van der Waals surface area contributed by atoms with Crippen molar-refractivity contribution in [3.05, 3.63) is 30.6 Å². The minimum atomic E-state index is 0.679. The lowest BCUT2D eigenvalue weighted by molar-refractivity contribution is 0.297. The fraction of sp³-hybridized carbons (Fsp3) is 0.286. The number of rotatable bonds is 2. The molecule has 0 atom stereocenters. The van der Waals surface area contributed by atoms with Crippen LogP contribution >= 0.6 is 0 Å². The molecular formula is C14H15N3O2. The molecule has 0 saturated carbocycles. The van der Waals surface area contributed by atoms with Crippen LogP contribution in [0, 0.1) is 0 Å². The van der Waals surface area contributed by atoms with Gasteiger partial charge in [-0.15, -0.1) is 0 Å². The SMILES string of the molecule is CNc1cncc(-c2ccc3c(c2)OCCCO3)n1. The lowest BCUT2D eigenvalue weighted by atomic mass is 10.1. The number of ether oxygens (including phenoxy) is 2. The zero-order chi connectivity index (χ0) is 13.1. The van der Waals surface area contributed by atoms with Gasteiger partial charge in [-0.1, -0.05) is 0 Å². The first kappa shape index (κ1) is 11.8. The van der Waals surface area contributed by atoms with Gasteiger partial charge in [0.1, 0.15) is 5.82 Å². The maximum absolute atomic E-state index is 5.68. The molecule has 5 nitrogen and oxygen atoms in total. The summed E-state index contributed by atoms with van der Waals surface area (Å²) in [6.07, 6.45) is 4.33. The monoisotopic (exact) mass is 257 g/mol. The molecule has 1 aromatic carbocycles. The molecule has 5 heteroatoms. The quantitative estimate of drug-likeness (QED) is 0.895. The first-order chi connectivity index (χ1) is 9.36. The summed E-state index contributed by atoms with van der Waals surface area (Å²) in [5.41, 5.74) is 1.77. The van der Waals surface area contributed by atoms with E-state index in [0.29, 0.717) is 13.2 Å². The third-order valence-corrected chi connectivity index (χ3v) is 2.93. The Balaban J connectivity index is 1.98. The molecule has 0 amide bonds. The average Bonchev–Trinajstić information content (AvgIpc) is 2.71. The zero-order valence-corrected chi connectivity index (χ0v) is 10.7. The summed E-state index contributed by atoms with van der Waals surface area (Å²) in [6, 6.07) is 5.84. The second-order valence-electron chi connectivity index (χ2n) is 4.25. The predicted molar refractivity (Wildman–Crippen MR) is 72.6 cm³/mol. The van der Waals surface area contributed by atoms with Crippen LogP contribution < -0.4 is 14.8 Å². The lowest BCUT2D eigenvalue weighted by Gasteiger charge is -2.09. The minimum absolute atomic E-state index is 0.679. The molecule has 1 aliphatic rings. The van der Waals surface area contributed by atoms with Crippen LogP contribution in [-0.2, 0) is 0 Å². The Labute approximate surface area is 111 Å². The zero-order valence-electron chi connectivity index (χ0n) is 10.7. The molecule has 19 heavy (non-hydrogen) atoms. The summed E-state index contributed by atoms with van der Waals surface area (Å²) in [5.74, 6) is 2.30. The maximum Gasteiger partial charge on any atom is 0.161 e. The van der Waals surface area contributed by atoms with Gasteiger partial charge in [0, 0.05) is 19.0 Å². The molecule has 98 valence electrons. The maximum atomic E-state index is 5.68. The second-order valence-corrected chi connectivity index (χ2v) is 4.25. The molecule has 0 fully saturated rings. The van der Waals surface area contributed by atoms with Crippen molar-refractivity contribution in [3.8, 4) is 22.8 Å². The fourth-order valence-corrected chi connectivity index (χ4v) is 1.95. The number of anilines is 1. The van der Waals surface area contributed by atoms with E-state index < -0.39 is 0 Å². The smallest absolute Gasteiger partial charge is 0.161 e. The molecule has 3 rings (SSSR count). The van der Waals surface area contributed by atoms with E-state index in [1.54, 1.807) is 12.4 Å². The molecule has 2 heterocycles. The number of nitrogens with one attached hydrogen (secondary N) is 1. The van der Waals surface area contributed by atoms with Gasteiger partial charge in [-0.2, -0.15) is 0 Å². The number of aromatic nitrogens is 2. The molecule has 0 spiro atoms. The van der Waals surface area contributed by atoms with Crippen LogP contribution in [0.15, 0.2) is 30.6 Å². The van der Waals surface area contributed by atoms with Crippen LogP contribution in [0.1, 0.15) is 6.42 Å². The van der Waals surface area contributed by atoms with Gasteiger partial charge in [0.25, 0.3) is 0 Å². The van der Waals surface area contributed by atoms with Crippen molar-refractivity contribution in [3.63, 3.8) is 0 Å². The van der Waals surface area contributed by atoms with Crippen molar-refractivity contribution >= 4 is 5.82 Å². The summed E-state index contributed by atoms with van der Waals surface area (Å²) in [7, 11) is 1.82. The predicted octanol–water partition coefficient (Wildman–Crippen LogP) is 2.35. The fourth-order valence-electron chi connectivity index (χ4n) is 1.95. The van der Waals surface area contributed by atoms with Gasteiger partial charge >= 0.3 is 0 Å². The van der Waals surface area contributed by atoms with E-state index in [1.807, 2.05) is 25.2 Å². The molecule has 0 bridgehead atoms. The largest absolute Gasteiger partial charge is 0.490 e. The van der Waals surface area contributed by atoms with E-state index in [1.165, 1.54) is 0 Å². The highest BCUT2D eigenvalue weighted by Gasteiger charge is 2.12. The van der Waals surface area contributed by atoms with Crippen LogP contribution in [0.3, 0.4) is 0 Å². The summed E-state index contributed by atoms with van der Waals surface area (Å²) in [5, 5.41) is 2.98. The molecule has 0 radical (unpaired) electrons. The number of fused-ring (bicyclic) bond motifs is 1. The molecule has 0 unspecified atom stereocenters.